The summed E-state index contributed by atoms with van der Waals surface area (Å²) in [6.45, 7) is 2.75. The summed E-state index contributed by atoms with van der Waals surface area (Å²) in [5.74, 6) is 0.764. The van der Waals surface area contributed by atoms with Gasteiger partial charge in [0.15, 0.2) is 0 Å². The molecule has 0 aromatic rings. The normalized spacial score (nSPS) is 29.3. The van der Waals surface area contributed by atoms with E-state index in [1.165, 1.54) is 19.5 Å². The smallest absolute Gasteiger partial charge is 0.0434 e. The minimum absolute atomic E-state index is 0.360. The lowest BCUT2D eigenvalue weighted by Gasteiger charge is -2.07. The van der Waals surface area contributed by atoms with Crippen molar-refractivity contribution in [2.75, 3.05) is 26.7 Å². The summed E-state index contributed by atoms with van der Waals surface area (Å²) in [6, 6.07) is 0. The summed E-state index contributed by atoms with van der Waals surface area (Å²) >= 11 is 0. The van der Waals surface area contributed by atoms with Crippen LogP contribution in [0.15, 0.2) is 0 Å². The van der Waals surface area contributed by atoms with Gasteiger partial charge in [-0.25, -0.2) is 0 Å². The van der Waals surface area contributed by atoms with E-state index < -0.39 is 0 Å². The summed E-state index contributed by atoms with van der Waals surface area (Å²) in [4.78, 5) is 2.32. The summed E-state index contributed by atoms with van der Waals surface area (Å²) in [5, 5.41) is 8.59. The van der Waals surface area contributed by atoms with E-state index in [1.54, 1.807) is 0 Å². The van der Waals surface area contributed by atoms with E-state index in [2.05, 4.69) is 11.9 Å². The van der Waals surface area contributed by atoms with Gasteiger partial charge in [-0.1, -0.05) is 0 Å². The average molecular weight is 129 g/mol. The van der Waals surface area contributed by atoms with Crippen molar-refractivity contribution in [2.45, 2.75) is 12.8 Å². The van der Waals surface area contributed by atoms with Crippen LogP contribution in [-0.2, 0) is 0 Å². The van der Waals surface area contributed by atoms with Crippen LogP contribution in [-0.4, -0.2) is 36.8 Å². The van der Waals surface area contributed by atoms with Gasteiger partial charge >= 0.3 is 0 Å². The van der Waals surface area contributed by atoms with Gasteiger partial charge in [0.25, 0.3) is 0 Å². The van der Waals surface area contributed by atoms with E-state index in [0.717, 1.165) is 12.3 Å². The average Bonchev–Trinajstić information content (AvgIpc) is 2.17. The molecule has 0 bridgehead atoms. The molecule has 0 spiro atoms. The highest BCUT2D eigenvalue weighted by Gasteiger charge is 2.17. The minimum Gasteiger partial charge on any atom is -0.396 e. The van der Waals surface area contributed by atoms with Crippen molar-refractivity contribution in [3.63, 3.8) is 0 Å². The molecule has 9 heavy (non-hydrogen) atoms. The van der Waals surface area contributed by atoms with Crippen LogP contribution in [0.1, 0.15) is 12.8 Å². The van der Waals surface area contributed by atoms with Gasteiger partial charge in [0, 0.05) is 13.2 Å². The molecule has 0 unspecified atom stereocenters. The first kappa shape index (κ1) is 7.03. The quantitative estimate of drug-likeness (QED) is 0.580. The fourth-order valence-electron chi connectivity index (χ4n) is 1.44. The van der Waals surface area contributed by atoms with E-state index in [0.29, 0.717) is 6.61 Å². The van der Waals surface area contributed by atoms with Gasteiger partial charge in [-0.2, -0.15) is 0 Å². The highest BCUT2D eigenvalue weighted by atomic mass is 16.3. The van der Waals surface area contributed by atoms with Crippen LogP contribution in [0.4, 0.5) is 0 Å². The summed E-state index contributed by atoms with van der Waals surface area (Å²) < 4.78 is 0. The molecule has 2 nitrogen and oxygen atoms in total. The number of likely N-dealkylation sites (tertiary alicyclic amines) is 1. The van der Waals surface area contributed by atoms with E-state index in [1.807, 2.05) is 0 Å². The molecule has 0 amide bonds. The zero-order valence-corrected chi connectivity index (χ0v) is 6.01. The van der Waals surface area contributed by atoms with Gasteiger partial charge < -0.3 is 10.0 Å². The van der Waals surface area contributed by atoms with Crippen molar-refractivity contribution in [3.05, 3.63) is 0 Å². The number of hydrogen-bond donors (Lipinski definition) is 1. The van der Waals surface area contributed by atoms with Crippen LogP contribution in [0.25, 0.3) is 0 Å². The van der Waals surface area contributed by atoms with Crippen LogP contribution >= 0.6 is 0 Å². The number of aliphatic hydroxyl groups is 1. The highest BCUT2D eigenvalue weighted by Crippen LogP contribution is 2.16. The molecule has 0 aliphatic carbocycles. The predicted octanol–water partition coefficient (Wildman–Crippen LogP) is 0.321. The molecule has 0 radical (unpaired) electrons. The molecule has 1 atom stereocenters. The fraction of sp³-hybridized carbons (Fsp3) is 1.00. The third-order valence-electron chi connectivity index (χ3n) is 2.03. The molecule has 54 valence electrons. The molecule has 0 aromatic carbocycles. The van der Waals surface area contributed by atoms with Gasteiger partial charge in [-0.05, 0) is 32.4 Å². The summed E-state index contributed by atoms with van der Waals surface area (Å²) in [5.41, 5.74) is 0. The standard InChI is InChI=1S/C7H15NO/c1-8-4-2-7(6-8)3-5-9/h7,9H,2-6H2,1H3/t7-/m0/s1. The lowest BCUT2D eigenvalue weighted by Crippen LogP contribution is -2.14. The molecule has 1 rings (SSSR count). The van der Waals surface area contributed by atoms with Crippen LogP contribution in [0.5, 0.6) is 0 Å². The second kappa shape index (κ2) is 3.18. The highest BCUT2D eigenvalue weighted by molar-refractivity contribution is 4.71. The minimum atomic E-state index is 0.360. The molecular weight excluding hydrogens is 114 g/mol. The number of hydrogen-bond acceptors (Lipinski definition) is 2. The van der Waals surface area contributed by atoms with E-state index in [-0.39, 0.29) is 0 Å². The zero-order valence-electron chi connectivity index (χ0n) is 6.01. The Labute approximate surface area is 56.5 Å². The van der Waals surface area contributed by atoms with Crippen molar-refractivity contribution in [2.24, 2.45) is 5.92 Å². The van der Waals surface area contributed by atoms with E-state index >= 15 is 0 Å². The van der Waals surface area contributed by atoms with Crippen molar-refractivity contribution in [1.29, 1.82) is 0 Å². The number of nitrogens with zero attached hydrogens (tertiary/aromatic N) is 1. The second-order valence-corrected chi connectivity index (χ2v) is 2.93. The molecule has 1 saturated heterocycles. The van der Waals surface area contributed by atoms with Crippen molar-refractivity contribution < 1.29 is 5.11 Å². The maximum absolute atomic E-state index is 8.59. The Morgan fingerprint density at radius 2 is 2.44 bits per heavy atom. The van der Waals surface area contributed by atoms with Gasteiger partial charge in [-0.15, -0.1) is 0 Å². The first-order valence-electron chi connectivity index (χ1n) is 3.62. The van der Waals surface area contributed by atoms with Crippen molar-refractivity contribution >= 4 is 0 Å². The Hall–Kier alpha value is -0.0800. The molecule has 1 heterocycles. The topological polar surface area (TPSA) is 23.5 Å². The molecular formula is C7H15NO. The number of rotatable bonds is 2. The lowest BCUT2D eigenvalue weighted by atomic mass is 10.1. The fourth-order valence-corrected chi connectivity index (χ4v) is 1.44. The molecule has 1 aliphatic rings. The van der Waals surface area contributed by atoms with E-state index in [9.17, 15) is 0 Å². The van der Waals surface area contributed by atoms with Gasteiger partial charge in [-0.3, -0.25) is 0 Å². The van der Waals surface area contributed by atoms with Gasteiger partial charge in [0.1, 0.15) is 0 Å². The van der Waals surface area contributed by atoms with Crippen LogP contribution in [0, 0.1) is 5.92 Å². The predicted molar refractivity (Wildman–Crippen MR) is 37.3 cm³/mol. The Balaban J connectivity index is 2.14. The maximum atomic E-state index is 8.59. The Morgan fingerprint density at radius 1 is 1.67 bits per heavy atom. The third-order valence-corrected chi connectivity index (χ3v) is 2.03. The molecule has 0 aromatic heterocycles. The van der Waals surface area contributed by atoms with Gasteiger partial charge in [0.2, 0.25) is 0 Å². The number of aliphatic hydroxyl groups excluding tert-OH is 1. The Bertz CT molecular complexity index is 83.0. The molecule has 0 saturated carbocycles. The molecule has 1 fully saturated rings. The summed E-state index contributed by atoms with van der Waals surface area (Å²) in [6.07, 6.45) is 2.27. The Morgan fingerprint density at radius 3 is 2.89 bits per heavy atom. The zero-order chi connectivity index (χ0) is 6.69. The van der Waals surface area contributed by atoms with Crippen LogP contribution in [0.3, 0.4) is 0 Å². The molecule has 2 heteroatoms. The first-order valence-corrected chi connectivity index (χ1v) is 3.62. The maximum Gasteiger partial charge on any atom is 0.0434 e. The van der Waals surface area contributed by atoms with Crippen molar-refractivity contribution in [1.82, 2.24) is 4.90 Å². The first-order chi connectivity index (χ1) is 4.33. The van der Waals surface area contributed by atoms with Crippen LogP contribution in [0.2, 0.25) is 0 Å². The summed E-state index contributed by atoms with van der Waals surface area (Å²) in [7, 11) is 2.14. The molecule has 1 N–H and O–H groups in total. The Kier molecular flexibility index (Phi) is 2.49. The molecule has 1 aliphatic heterocycles. The van der Waals surface area contributed by atoms with Crippen molar-refractivity contribution in [3.8, 4) is 0 Å². The lowest BCUT2D eigenvalue weighted by molar-refractivity contribution is 0.256. The van der Waals surface area contributed by atoms with Crippen LogP contribution < -0.4 is 0 Å². The largest absolute Gasteiger partial charge is 0.396 e. The second-order valence-electron chi connectivity index (χ2n) is 2.93. The van der Waals surface area contributed by atoms with E-state index in [4.69, 9.17) is 5.11 Å². The monoisotopic (exact) mass is 129 g/mol. The van der Waals surface area contributed by atoms with Gasteiger partial charge in [0.05, 0.1) is 0 Å². The SMILES string of the molecule is CN1CC[C@@H](CCO)C1. The third kappa shape index (κ3) is 1.95.